The highest BCUT2D eigenvalue weighted by Crippen LogP contribution is 2.14. The first-order valence-corrected chi connectivity index (χ1v) is 5.09. The molecule has 1 rings (SSSR count). The fourth-order valence-electron chi connectivity index (χ4n) is 1.16. The van der Waals surface area contributed by atoms with E-state index >= 15 is 0 Å². The van der Waals surface area contributed by atoms with E-state index in [1.54, 1.807) is 6.07 Å². The third-order valence-electron chi connectivity index (χ3n) is 1.94. The molecular weight excluding hydrogens is 218 g/mol. The Labute approximate surface area is 99.2 Å². The molecule has 1 aromatic rings. The van der Waals surface area contributed by atoms with E-state index in [1.807, 2.05) is 19.1 Å². The molecule has 17 heavy (non-hydrogen) atoms. The van der Waals surface area contributed by atoms with Gasteiger partial charge in [0.15, 0.2) is 0 Å². The molecule has 0 aromatic heterocycles. The Kier molecular flexibility index (Phi) is 4.53. The topological polar surface area (TPSA) is 85.9 Å². The van der Waals surface area contributed by atoms with Gasteiger partial charge in [-0.2, -0.15) is 10.5 Å². The molecule has 0 atom stereocenters. The van der Waals surface area contributed by atoms with Crippen LogP contribution in [0.1, 0.15) is 24.5 Å². The highest BCUT2D eigenvalue weighted by Gasteiger charge is 2.06. The summed E-state index contributed by atoms with van der Waals surface area (Å²) in [6.07, 6.45) is 0.171. The Morgan fingerprint density at radius 2 is 2.06 bits per heavy atom. The summed E-state index contributed by atoms with van der Waals surface area (Å²) >= 11 is 0. The van der Waals surface area contributed by atoms with E-state index in [0.29, 0.717) is 12.3 Å². The average Bonchev–Trinajstić information content (AvgIpc) is 2.36. The van der Waals surface area contributed by atoms with E-state index in [4.69, 9.17) is 15.3 Å². The highest BCUT2D eigenvalue weighted by atomic mass is 16.5. The Morgan fingerprint density at radius 1 is 1.35 bits per heavy atom. The molecule has 0 heterocycles. The molecule has 0 spiro atoms. The second-order valence-electron chi connectivity index (χ2n) is 3.24. The molecule has 0 fully saturated rings. The van der Waals surface area contributed by atoms with Crippen LogP contribution in [0.4, 0.5) is 10.5 Å². The molecule has 0 aliphatic carbocycles. The van der Waals surface area contributed by atoms with Gasteiger partial charge in [0.05, 0.1) is 17.7 Å². The number of ether oxygens (including phenoxy) is 1. The van der Waals surface area contributed by atoms with Gasteiger partial charge in [-0.25, -0.2) is 4.79 Å². The zero-order valence-electron chi connectivity index (χ0n) is 9.36. The van der Waals surface area contributed by atoms with Gasteiger partial charge < -0.3 is 4.74 Å². The lowest BCUT2D eigenvalue weighted by atomic mass is 10.1. The number of nitrogens with zero attached hydrogens (tertiary/aromatic N) is 2. The van der Waals surface area contributed by atoms with Gasteiger partial charge in [0.2, 0.25) is 0 Å². The van der Waals surface area contributed by atoms with Crippen molar-refractivity contribution in [3.05, 3.63) is 29.3 Å². The maximum absolute atomic E-state index is 11.2. The normalized spacial score (nSPS) is 8.88. The number of hydrogen-bond donors (Lipinski definition) is 1. The minimum absolute atomic E-state index is 0.223. The number of amides is 1. The summed E-state index contributed by atoms with van der Waals surface area (Å²) in [6.45, 7) is 2.23. The van der Waals surface area contributed by atoms with Crippen molar-refractivity contribution < 1.29 is 9.53 Å². The zero-order valence-corrected chi connectivity index (χ0v) is 9.36. The molecular formula is C12H11N3O2. The van der Waals surface area contributed by atoms with Crippen LogP contribution >= 0.6 is 0 Å². The summed E-state index contributed by atoms with van der Waals surface area (Å²) in [6, 6.07) is 8.25. The molecule has 0 unspecified atom stereocenters. The largest absolute Gasteiger partial charge is 0.449 e. The first-order chi connectivity index (χ1) is 8.21. The Hall–Kier alpha value is -2.53. The molecule has 0 saturated heterocycles. The van der Waals surface area contributed by atoms with Crippen molar-refractivity contribution in [2.24, 2.45) is 0 Å². The Morgan fingerprint density at radius 3 is 2.65 bits per heavy atom. The summed E-state index contributed by atoms with van der Waals surface area (Å²) in [5.41, 5.74) is 0.933. The molecule has 1 aromatic carbocycles. The van der Waals surface area contributed by atoms with E-state index in [9.17, 15) is 4.79 Å². The maximum atomic E-state index is 11.2. The van der Waals surface area contributed by atoms with Crippen LogP contribution < -0.4 is 5.32 Å². The SMILES string of the molecule is CCCOC(=O)Nc1ccc(C#N)c(C#N)c1. The molecule has 1 amide bonds. The van der Waals surface area contributed by atoms with Crippen LogP contribution in [0, 0.1) is 22.7 Å². The number of benzene rings is 1. The fourth-order valence-corrected chi connectivity index (χ4v) is 1.16. The third-order valence-corrected chi connectivity index (χ3v) is 1.94. The van der Waals surface area contributed by atoms with Crippen molar-refractivity contribution in [1.29, 1.82) is 10.5 Å². The fraction of sp³-hybridized carbons (Fsp3) is 0.250. The molecule has 0 saturated carbocycles. The number of nitriles is 2. The van der Waals surface area contributed by atoms with Gasteiger partial charge in [-0.3, -0.25) is 5.32 Å². The van der Waals surface area contributed by atoms with Crippen molar-refractivity contribution in [1.82, 2.24) is 0 Å². The monoisotopic (exact) mass is 229 g/mol. The van der Waals surface area contributed by atoms with Crippen molar-refractivity contribution in [2.45, 2.75) is 13.3 Å². The van der Waals surface area contributed by atoms with Gasteiger partial charge in [-0.05, 0) is 24.6 Å². The van der Waals surface area contributed by atoms with Crippen LogP contribution in [0.25, 0.3) is 0 Å². The van der Waals surface area contributed by atoms with Crippen LogP contribution in [-0.2, 0) is 4.74 Å². The van der Waals surface area contributed by atoms with Crippen LogP contribution in [-0.4, -0.2) is 12.7 Å². The molecule has 0 radical (unpaired) electrons. The Bertz CT molecular complexity index is 497. The van der Waals surface area contributed by atoms with Gasteiger partial charge in [0.1, 0.15) is 12.1 Å². The van der Waals surface area contributed by atoms with Crippen LogP contribution in [0.3, 0.4) is 0 Å². The highest BCUT2D eigenvalue weighted by molar-refractivity contribution is 5.85. The van der Waals surface area contributed by atoms with Crippen molar-refractivity contribution >= 4 is 11.8 Å². The van der Waals surface area contributed by atoms with E-state index < -0.39 is 6.09 Å². The third kappa shape index (κ3) is 3.51. The molecule has 0 bridgehead atoms. The molecule has 5 nitrogen and oxygen atoms in total. The summed E-state index contributed by atoms with van der Waals surface area (Å²) in [7, 11) is 0. The smallest absolute Gasteiger partial charge is 0.411 e. The lowest BCUT2D eigenvalue weighted by Gasteiger charge is -2.06. The first-order valence-electron chi connectivity index (χ1n) is 5.09. The summed E-state index contributed by atoms with van der Waals surface area (Å²) in [5, 5.41) is 20.0. The minimum atomic E-state index is -0.569. The Balaban J connectivity index is 2.77. The lowest BCUT2D eigenvalue weighted by molar-refractivity contribution is 0.161. The maximum Gasteiger partial charge on any atom is 0.411 e. The molecule has 0 aliphatic rings. The predicted molar refractivity (Wildman–Crippen MR) is 61.1 cm³/mol. The summed E-state index contributed by atoms with van der Waals surface area (Å²) in [4.78, 5) is 11.2. The second kappa shape index (κ2) is 6.14. The summed E-state index contributed by atoms with van der Waals surface area (Å²) < 4.78 is 4.83. The number of anilines is 1. The number of carbonyl (C=O) groups is 1. The number of nitrogens with one attached hydrogen (secondary N) is 1. The van der Waals surface area contributed by atoms with Gasteiger partial charge >= 0.3 is 6.09 Å². The van der Waals surface area contributed by atoms with E-state index in [-0.39, 0.29) is 11.1 Å². The minimum Gasteiger partial charge on any atom is -0.449 e. The number of hydrogen-bond acceptors (Lipinski definition) is 4. The second-order valence-corrected chi connectivity index (χ2v) is 3.24. The summed E-state index contributed by atoms with van der Waals surface area (Å²) in [5.74, 6) is 0. The van der Waals surface area contributed by atoms with Crippen molar-refractivity contribution in [3.8, 4) is 12.1 Å². The first kappa shape index (κ1) is 12.5. The zero-order chi connectivity index (χ0) is 12.7. The predicted octanol–water partition coefficient (Wildman–Crippen LogP) is 2.39. The van der Waals surface area contributed by atoms with E-state index in [2.05, 4.69) is 5.32 Å². The van der Waals surface area contributed by atoms with Crippen LogP contribution in [0.15, 0.2) is 18.2 Å². The lowest BCUT2D eigenvalue weighted by Crippen LogP contribution is -2.14. The van der Waals surface area contributed by atoms with Gasteiger partial charge in [-0.1, -0.05) is 6.92 Å². The van der Waals surface area contributed by atoms with Crippen molar-refractivity contribution in [3.63, 3.8) is 0 Å². The molecule has 1 N–H and O–H groups in total. The van der Waals surface area contributed by atoms with Crippen molar-refractivity contribution in [2.75, 3.05) is 11.9 Å². The van der Waals surface area contributed by atoms with Gasteiger partial charge in [-0.15, -0.1) is 0 Å². The quantitative estimate of drug-likeness (QED) is 0.862. The van der Waals surface area contributed by atoms with Gasteiger partial charge in [0.25, 0.3) is 0 Å². The number of rotatable bonds is 3. The molecule has 0 aliphatic heterocycles. The van der Waals surface area contributed by atoms with E-state index in [1.165, 1.54) is 12.1 Å². The van der Waals surface area contributed by atoms with Crippen LogP contribution in [0.5, 0.6) is 0 Å². The molecule has 5 heteroatoms. The van der Waals surface area contributed by atoms with E-state index in [0.717, 1.165) is 6.42 Å². The molecule has 86 valence electrons. The van der Waals surface area contributed by atoms with Gasteiger partial charge in [0, 0.05) is 5.69 Å². The number of carbonyl (C=O) groups excluding carboxylic acids is 1. The van der Waals surface area contributed by atoms with Crippen LogP contribution in [0.2, 0.25) is 0 Å². The average molecular weight is 229 g/mol. The standard InChI is InChI=1S/C12H11N3O2/c1-2-5-17-12(16)15-11-4-3-9(7-13)10(6-11)8-14/h3-4,6H,2,5H2,1H3,(H,15,16).